The molecular weight excluding hydrogens is 502 g/mol. The monoisotopic (exact) mass is 531 g/mol. The van der Waals surface area contributed by atoms with Gasteiger partial charge in [-0.25, -0.2) is 9.31 Å². The van der Waals surface area contributed by atoms with Gasteiger partial charge in [0, 0.05) is 31.9 Å². The average Bonchev–Trinajstić information content (AvgIpc) is 3.45. The molecule has 0 aromatic carbocycles. The Balaban J connectivity index is 1.24. The summed E-state index contributed by atoms with van der Waals surface area (Å²) in [7, 11) is 1.82. The highest BCUT2D eigenvalue weighted by atomic mass is 16.6. The lowest BCUT2D eigenvalue weighted by Gasteiger charge is -2.38. The van der Waals surface area contributed by atoms with Gasteiger partial charge in [-0.05, 0) is 33.8 Å². The fourth-order valence-electron chi connectivity index (χ4n) is 4.04. The van der Waals surface area contributed by atoms with Crippen LogP contribution >= 0.6 is 0 Å². The van der Waals surface area contributed by atoms with Crippen LogP contribution in [0.3, 0.4) is 0 Å². The van der Waals surface area contributed by atoms with E-state index in [0.717, 1.165) is 5.56 Å². The van der Waals surface area contributed by atoms with Gasteiger partial charge in [-0.2, -0.15) is 10.2 Å². The quantitative estimate of drug-likeness (QED) is 0.399. The van der Waals surface area contributed by atoms with E-state index >= 15 is 0 Å². The van der Waals surface area contributed by atoms with Crippen LogP contribution in [0.15, 0.2) is 43.2 Å². The third kappa shape index (κ3) is 5.56. The second kappa shape index (κ2) is 9.82. The second-order valence-corrected chi connectivity index (χ2v) is 10.4. The molecule has 13 nitrogen and oxygen atoms in total. The van der Waals surface area contributed by atoms with Gasteiger partial charge in [0.2, 0.25) is 5.91 Å². The lowest BCUT2D eigenvalue weighted by molar-refractivity contribution is -0.124. The molecule has 0 saturated carbocycles. The zero-order chi connectivity index (χ0) is 27.9. The minimum Gasteiger partial charge on any atom is -0.444 e. The van der Waals surface area contributed by atoms with Crippen LogP contribution in [0, 0.1) is 12.8 Å². The normalized spacial score (nSPS) is 13.7. The Morgan fingerprint density at radius 1 is 1.00 bits per heavy atom. The molecule has 0 atom stereocenters. The van der Waals surface area contributed by atoms with Gasteiger partial charge in [-0.15, -0.1) is 0 Å². The summed E-state index contributed by atoms with van der Waals surface area (Å²) in [5.74, 6) is -0.989. The Hall–Kier alpha value is -4.81. The summed E-state index contributed by atoms with van der Waals surface area (Å²) in [6.07, 6.45) is 9.42. The van der Waals surface area contributed by atoms with Crippen molar-refractivity contribution in [2.45, 2.75) is 33.3 Å². The summed E-state index contributed by atoms with van der Waals surface area (Å²) in [6.45, 7) is 7.68. The van der Waals surface area contributed by atoms with E-state index in [1.54, 1.807) is 61.5 Å². The van der Waals surface area contributed by atoms with Gasteiger partial charge in [0.15, 0.2) is 0 Å². The molecule has 1 aliphatic heterocycles. The topological polar surface area (TPSA) is 149 Å². The zero-order valence-corrected chi connectivity index (χ0v) is 22.3. The maximum absolute atomic E-state index is 13.1. The van der Waals surface area contributed by atoms with E-state index in [2.05, 4.69) is 30.8 Å². The number of amides is 3. The Morgan fingerprint density at radius 2 is 1.77 bits per heavy atom. The van der Waals surface area contributed by atoms with Crippen LogP contribution in [0.4, 0.5) is 16.2 Å². The van der Waals surface area contributed by atoms with Crippen molar-refractivity contribution < 1.29 is 19.1 Å². The van der Waals surface area contributed by atoms with Gasteiger partial charge in [-0.1, -0.05) is 0 Å². The molecule has 5 heterocycles. The number of likely N-dealkylation sites (tertiary alicyclic amines) is 1. The van der Waals surface area contributed by atoms with Gasteiger partial charge >= 0.3 is 6.09 Å². The minimum absolute atomic E-state index is 0.240. The van der Waals surface area contributed by atoms with Crippen molar-refractivity contribution in [2.24, 2.45) is 13.0 Å². The van der Waals surface area contributed by atoms with Crippen molar-refractivity contribution in [2.75, 3.05) is 23.7 Å². The molecule has 0 unspecified atom stereocenters. The zero-order valence-electron chi connectivity index (χ0n) is 22.3. The summed E-state index contributed by atoms with van der Waals surface area (Å²) in [5.41, 5.74) is 3.24. The SMILES string of the molecule is Cc1ncc(NC(=O)C2CN(C(=O)OC(C)(C)C)C2)cc1NC(=O)c1cnn2cc(-c3cnn(C)c3)ncc12. The molecule has 202 valence electrons. The van der Waals surface area contributed by atoms with Crippen molar-refractivity contribution in [3.8, 4) is 11.3 Å². The van der Waals surface area contributed by atoms with Crippen molar-refractivity contribution in [3.63, 3.8) is 0 Å². The number of rotatable bonds is 5. The van der Waals surface area contributed by atoms with Crippen LogP contribution in [0.2, 0.25) is 0 Å². The van der Waals surface area contributed by atoms with E-state index in [9.17, 15) is 14.4 Å². The summed E-state index contributed by atoms with van der Waals surface area (Å²) >= 11 is 0. The van der Waals surface area contributed by atoms with Gasteiger partial charge in [0.1, 0.15) is 5.60 Å². The van der Waals surface area contributed by atoms with Crippen LogP contribution in [0.1, 0.15) is 36.8 Å². The molecule has 39 heavy (non-hydrogen) atoms. The lowest BCUT2D eigenvalue weighted by Crippen LogP contribution is -2.55. The number of hydrogen-bond donors (Lipinski definition) is 2. The smallest absolute Gasteiger partial charge is 0.410 e. The second-order valence-electron chi connectivity index (χ2n) is 10.4. The molecule has 3 amide bonds. The standard InChI is InChI=1S/C26H29N9O4/c1-15-20(6-18(8-27-15)31-23(36)17-12-34(13-17)25(38)39-26(2,3)4)32-24(37)19-9-30-35-14-21(28-10-22(19)35)16-7-29-33(5)11-16/h6-11,14,17H,12-13H2,1-5H3,(H,31,36)(H,32,37). The first-order valence-electron chi connectivity index (χ1n) is 12.4. The Labute approximate surface area is 224 Å². The van der Waals surface area contributed by atoms with Gasteiger partial charge in [-0.3, -0.25) is 24.2 Å². The van der Waals surface area contributed by atoms with Crippen molar-refractivity contribution in [3.05, 3.63) is 54.5 Å². The molecule has 1 aliphatic rings. The molecule has 0 bridgehead atoms. The number of ether oxygens (including phenoxy) is 1. The van der Waals surface area contributed by atoms with E-state index in [0.29, 0.717) is 33.8 Å². The van der Waals surface area contributed by atoms with Gasteiger partial charge < -0.3 is 20.3 Å². The fourth-order valence-corrected chi connectivity index (χ4v) is 4.04. The predicted octanol–water partition coefficient (Wildman–Crippen LogP) is 2.89. The Bertz CT molecular complexity index is 1580. The molecule has 4 aromatic heterocycles. The van der Waals surface area contributed by atoms with Crippen LogP contribution < -0.4 is 10.6 Å². The third-order valence-electron chi connectivity index (χ3n) is 6.16. The molecule has 0 spiro atoms. The number of carbonyl (C=O) groups is 3. The highest BCUT2D eigenvalue weighted by molar-refractivity contribution is 6.09. The molecular formula is C26H29N9O4. The molecule has 0 radical (unpaired) electrons. The van der Waals surface area contributed by atoms with Gasteiger partial charge in [0.25, 0.3) is 5.91 Å². The average molecular weight is 532 g/mol. The number of nitrogens with zero attached hydrogens (tertiary/aromatic N) is 7. The number of aromatic nitrogens is 6. The van der Waals surface area contributed by atoms with E-state index in [4.69, 9.17) is 4.74 Å². The number of carbonyl (C=O) groups excluding carboxylic acids is 3. The van der Waals surface area contributed by atoms with Gasteiger partial charge in [0.05, 0.1) is 70.7 Å². The minimum atomic E-state index is -0.596. The number of aryl methyl sites for hydroxylation is 2. The van der Waals surface area contributed by atoms with Crippen molar-refractivity contribution in [1.29, 1.82) is 0 Å². The van der Waals surface area contributed by atoms with Crippen molar-refractivity contribution >= 4 is 34.8 Å². The fraction of sp³-hybridized carbons (Fsp3) is 0.346. The Morgan fingerprint density at radius 3 is 2.46 bits per heavy atom. The number of fused-ring (bicyclic) bond motifs is 1. The molecule has 1 fully saturated rings. The lowest BCUT2D eigenvalue weighted by atomic mass is 10.00. The summed E-state index contributed by atoms with van der Waals surface area (Å²) in [4.78, 5) is 48.2. The summed E-state index contributed by atoms with van der Waals surface area (Å²) in [5, 5.41) is 14.1. The number of nitrogens with one attached hydrogen (secondary N) is 2. The first-order chi connectivity index (χ1) is 18.5. The van der Waals surface area contributed by atoms with E-state index in [1.165, 1.54) is 17.3 Å². The number of pyridine rings is 1. The van der Waals surface area contributed by atoms with Crippen LogP contribution in [0.5, 0.6) is 0 Å². The van der Waals surface area contributed by atoms with Crippen LogP contribution in [0.25, 0.3) is 16.8 Å². The summed E-state index contributed by atoms with van der Waals surface area (Å²) < 4.78 is 8.60. The third-order valence-corrected chi connectivity index (χ3v) is 6.16. The Kier molecular flexibility index (Phi) is 6.50. The van der Waals surface area contributed by atoms with E-state index in [1.807, 2.05) is 13.2 Å². The van der Waals surface area contributed by atoms with Crippen LogP contribution in [-0.4, -0.2) is 70.9 Å². The maximum atomic E-state index is 13.1. The van der Waals surface area contributed by atoms with Crippen molar-refractivity contribution in [1.82, 2.24) is 34.3 Å². The molecule has 13 heteroatoms. The van der Waals surface area contributed by atoms with E-state index in [-0.39, 0.29) is 30.8 Å². The molecule has 5 rings (SSSR count). The summed E-state index contributed by atoms with van der Waals surface area (Å²) in [6, 6.07) is 1.65. The largest absolute Gasteiger partial charge is 0.444 e. The molecule has 4 aromatic rings. The highest BCUT2D eigenvalue weighted by Gasteiger charge is 2.38. The number of anilines is 2. The maximum Gasteiger partial charge on any atom is 0.410 e. The molecule has 0 aliphatic carbocycles. The first kappa shape index (κ1) is 25.8. The van der Waals surface area contributed by atoms with E-state index < -0.39 is 11.7 Å². The first-order valence-corrected chi connectivity index (χ1v) is 12.4. The molecule has 2 N–H and O–H groups in total. The van der Waals surface area contributed by atoms with Crippen LogP contribution in [-0.2, 0) is 16.6 Å². The highest BCUT2D eigenvalue weighted by Crippen LogP contribution is 2.24. The molecule has 1 saturated heterocycles. The number of hydrogen-bond acceptors (Lipinski definition) is 8. The predicted molar refractivity (Wildman–Crippen MR) is 142 cm³/mol.